The van der Waals surface area contributed by atoms with E-state index in [1.165, 1.54) is 19.3 Å². The minimum Gasteiger partial charge on any atom is -0.495 e. The van der Waals surface area contributed by atoms with Crippen LogP contribution in [0.2, 0.25) is 0 Å². The first-order chi connectivity index (χ1) is 9.13. The van der Waals surface area contributed by atoms with E-state index in [9.17, 15) is 4.79 Å². The zero-order valence-electron chi connectivity index (χ0n) is 12.1. The molecule has 1 aliphatic rings. The van der Waals surface area contributed by atoms with Gasteiger partial charge in [-0.15, -0.1) is 0 Å². The van der Waals surface area contributed by atoms with Crippen molar-refractivity contribution in [3.63, 3.8) is 0 Å². The summed E-state index contributed by atoms with van der Waals surface area (Å²) >= 11 is 0. The summed E-state index contributed by atoms with van der Waals surface area (Å²) < 4.78 is 5.44. The molecule has 0 unspecified atom stereocenters. The molecular weight excluding hydrogens is 238 g/mol. The van der Waals surface area contributed by atoms with Crippen LogP contribution in [0.3, 0.4) is 0 Å². The molecule has 0 aromatic heterocycles. The number of methoxy groups -OCH3 is 1. The van der Waals surface area contributed by atoms with Gasteiger partial charge in [-0.1, -0.05) is 13.8 Å². The molecule has 0 bridgehead atoms. The number of benzene rings is 1. The van der Waals surface area contributed by atoms with Crippen LogP contribution in [-0.2, 0) is 0 Å². The van der Waals surface area contributed by atoms with Gasteiger partial charge in [0.25, 0.3) is 0 Å². The molecule has 0 radical (unpaired) electrons. The SMILES string of the molecule is COc1ccc(C(=O)C(C)C)cc1N1CCCCC1. The minimum absolute atomic E-state index is 0.0302. The maximum Gasteiger partial charge on any atom is 0.165 e. The van der Waals surface area contributed by atoms with Crippen molar-refractivity contribution < 1.29 is 9.53 Å². The molecule has 0 atom stereocenters. The average molecular weight is 261 g/mol. The minimum atomic E-state index is 0.0302. The van der Waals surface area contributed by atoms with Crippen molar-refractivity contribution in [1.29, 1.82) is 0 Å². The summed E-state index contributed by atoms with van der Waals surface area (Å²) in [5, 5.41) is 0. The lowest BCUT2D eigenvalue weighted by molar-refractivity contribution is 0.0939. The van der Waals surface area contributed by atoms with E-state index in [1.54, 1.807) is 7.11 Å². The van der Waals surface area contributed by atoms with Gasteiger partial charge in [0.15, 0.2) is 5.78 Å². The molecule has 1 aromatic carbocycles. The van der Waals surface area contributed by atoms with Gasteiger partial charge in [-0.2, -0.15) is 0 Å². The van der Waals surface area contributed by atoms with Crippen LogP contribution in [0.25, 0.3) is 0 Å². The Labute approximate surface area is 115 Å². The smallest absolute Gasteiger partial charge is 0.165 e. The largest absolute Gasteiger partial charge is 0.495 e. The van der Waals surface area contributed by atoms with Crippen LogP contribution in [0.15, 0.2) is 18.2 Å². The molecule has 3 nitrogen and oxygen atoms in total. The van der Waals surface area contributed by atoms with Gasteiger partial charge in [-0.3, -0.25) is 4.79 Å². The van der Waals surface area contributed by atoms with Crippen molar-refractivity contribution >= 4 is 11.5 Å². The lowest BCUT2D eigenvalue weighted by atomic mass is 9.99. The van der Waals surface area contributed by atoms with Gasteiger partial charge in [0, 0.05) is 24.6 Å². The van der Waals surface area contributed by atoms with Gasteiger partial charge in [-0.05, 0) is 37.5 Å². The molecule has 0 aliphatic carbocycles. The molecule has 0 amide bonds. The summed E-state index contributed by atoms with van der Waals surface area (Å²) in [4.78, 5) is 14.5. The molecule has 1 fully saturated rings. The molecule has 0 spiro atoms. The van der Waals surface area contributed by atoms with E-state index in [4.69, 9.17) is 4.74 Å². The van der Waals surface area contributed by atoms with Crippen LogP contribution >= 0.6 is 0 Å². The second-order valence-corrected chi connectivity index (χ2v) is 5.45. The molecule has 1 saturated heterocycles. The van der Waals surface area contributed by atoms with Crippen LogP contribution in [0, 0.1) is 5.92 Å². The molecule has 2 rings (SSSR count). The number of ketones is 1. The molecule has 1 heterocycles. The van der Waals surface area contributed by atoms with Gasteiger partial charge in [0.2, 0.25) is 0 Å². The van der Waals surface area contributed by atoms with E-state index in [-0.39, 0.29) is 11.7 Å². The zero-order valence-corrected chi connectivity index (χ0v) is 12.1. The standard InChI is InChI=1S/C16H23NO2/c1-12(2)16(18)13-7-8-15(19-3)14(11-13)17-9-5-4-6-10-17/h7-8,11-12H,4-6,9-10H2,1-3H3. The van der Waals surface area contributed by atoms with Crippen LogP contribution in [-0.4, -0.2) is 26.0 Å². The van der Waals surface area contributed by atoms with E-state index >= 15 is 0 Å². The third kappa shape index (κ3) is 3.09. The highest BCUT2D eigenvalue weighted by molar-refractivity contribution is 5.98. The van der Waals surface area contributed by atoms with Crippen molar-refractivity contribution in [2.24, 2.45) is 5.92 Å². The number of carbonyl (C=O) groups excluding carboxylic acids is 1. The van der Waals surface area contributed by atoms with Crippen molar-refractivity contribution in [2.45, 2.75) is 33.1 Å². The summed E-state index contributed by atoms with van der Waals surface area (Å²) in [6.45, 7) is 5.98. The van der Waals surface area contributed by atoms with E-state index < -0.39 is 0 Å². The van der Waals surface area contributed by atoms with Crippen LogP contribution < -0.4 is 9.64 Å². The number of carbonyl (C=O) groups is 1. The van der Waals surface area contributed by atoms with Crippen molar-refractivity contribution in [3.05, 3.63) is 23.8 Å². The number of anilines is 1. The monoisotopic (exact) mass is 261 g/mol. The number of ether oxygens (including phenoxy) is 1. The second kappa shape index (κ2) is 6.09. The summed E-state index contributed by atoms with van der Waals surface area (Å²) in [5.74, 6) is 1.09. The number of Topliss-reactive ketones (excluding diaryl/α,β-unsaturated/α-hetero) is 1. The summed E-state index contributed by atoms with van der Waals surface area (Å²) in [5.41, 5.74) is 1.85. The first-order valence-electron chi connectivity index (χ1n) is 7.10. The second-order valence-electron chi connectivity index (χ2n) is 5.45. The zero-order chi connectivity index (χ0) is 13.8. The summed E-state index contributed by atoms with van der Waals surface area (Å²) in [6.07, 6.45) is 3.72. The fraction of sp³-hybridized carbons (Fsp3) is 0.562. The van der Waals surface area contributed by atoms with Crippen molar-refractivity contribution in [2.75, 3.05) is 25.1 Å². The summed E-state index contributed by atoms with van der Waals surface area (Å²) in [7, 11) is 1.69. The molecule has 0 saturated carbocycles. The first-order valence-corrected chi connectivity index (χ1v) is 7.10. The quantitative estimate of drug-likeness (QED) is 0.777. The number of hydrogen-bond acceptors (Lipinski definition) is 3. The van der Waals surface area contributed by atoms with Crippen LogP contribution in [0.5, 0.6) is 5.75 Å². The molecule has 3 heteroatoms. The van der Waals surface area contributed by atoms with Gasteiger partial charge >= 0.3 is 0 Å². The average Bonchev–Trinajstić information content (AvgIpc) is 2.46. The number of hydrogen-bond donors (Lipinski definition) is 0. The van der Waals surface area contributed by atoms with Gasteiger partial charge in [0.05, 0.1) is 12.8 Å². The predicted octanol–water partition coefficient (Wildman–Crippen LogP) is 3.52. The predicted molar refractivity (Wildman–Crippen MR) is 78.2 cm³/mol. The van der Waals surface area contributed by atoms with E-state index in [2.05, 4.69) is 4.90 Å². The van der Waals surface area contributed by atoms with Crippen molar-refractivity contribution in [3.8, 4) is 5.75 Å². The van der Waals surface area contributed by atoms with Gasteiger partial charge in [-0.25, -0.2) is 0 Å². The Balaban J connectivity index is 2.33. The van der Waals surface area contributed by atoms with E-state index in [0.29, 0.717) is 0 Å². The molecule has 104 valence electrons. The van der Waals surface area contributed by atoms with Crippen LogP contribution in [0.4, 0.5) is 5.69 Å². The number of rotatable bonds is 4. The van der Waals surface area contributed by atoms with Crippen molar-refractivity contribution in [1.82, 2.24) is 0 Å². The molecule has 0 N–H and O–H groups in total. The summed E-state index contributed by atoms with van der Waals surface area (Å²) in [6, 6.07) is 5.78. The fourth-order valence-electron chi connectivity index (χ4n) is 2.56. The Morgan fingerprint density at radius 1 is 1.21 bits per heavy atom. The number of nitrogens with zero attached hydrogens (tertiary/aromatic N) is 1. The Kier molecular flexibility index (Phi) is 4.46. The Morgan fingerprint density at radius 2 is 1.89 bits per heavy atom. The molecule has 1 aliphatic heterocycles. The maximum absolute atomic E-state index is 12.1. The molecule has 19 heavy (non-hydrogen) atoms. The van der Waals surface area contributed by atoms with Gasteiger partial charge < -0.3 is 9.64 Å². The highest BCUT2D eigenvalue weighted by Gasteiger charge is 2.18. The maximum atomic E-state index is 12.1. The van der Waals surface area contributed by atoms with Crippen LogP contribution in [0.1, 0.15) is 43.5 Å². The Bertz CT molecular complexity index is 448. The first kappa shape index (κ1) is 13.9. The Morgan fingerprint density at radius 3 is 2.47 bits per heavy atom. The topological polar surface area (TPSA) is 29.5 Å². The van der Waals surface area contributed by atoms with Gasteiger partial charge in [0.1, 0.15) is 5.75 Å². The molecule has 1 aromatic rings. The molecular formula is C16H23NO2. The lowest BCUT2D eigenvalue weighted by Crippen LogP contribution is -2.30. The van der Waals surface area contributed by atoms with E-state index in [1.807, 2.05) is 32.0 Å². The fourth-order valence-corrected chi connectivity index (χ4v) is 2.56. The highest BCUT2D eigenvalue weighted by Crippen LogP contribution is 2.32. The Hall–Kier alpha value is -1.51. The third-order valence-electron chi connectivity index (χ3n) is 3.68. The van der Waals surface area contributed by atoms with E-state index in [0.717, 1.165) is 30.1 Å². The number of piperidine rings is 1. The highest BCUT2D eigenvalue weighted by atomic mass is 16.5. The lowest BCUT2D eigenvalue weighted by Gasteiger charge is -2.30. The normalized spacial score (nSPS) is 15.7. The third-order valence-corrected chi connectivity index (χ3v) is 3.68.